The lowest BCUT2D eigenvalue weighted by Gasteiger charge is -2.01. The first-order valence-corrected chi connectivity index (χ1v) is 3.89. The van der Waals surface area contributed by atoms with E-state index in [1.165, 1.54) is 0 Å². The van der Waals surface area contributed by atoms with Crippen molar-refractivity contribution in [2.45, 2.75) is 12.3 Å². The minimum Gasteiger partial charge on any atom is -0.330 e. The Hall–Kier alpha value is 0.0700. The van der Waals surface area contributed by atoms with E-state index in [-0.39, 0.29) is 5.37 Å². The molecule has 0 spiro atoms. The molecule has 2 unspecified atom stereocenters. The van der Waals surface area contributed by atoms with Gasteiger partial charge in [0.1, 0.15) is 0 Å². The maximum absolute atomic E-state index is 10.6. The van der Waals surface area contributed by atoms with Gasteiger partial charge in [0, 0.05) is 23.1 Å². The van der Waals surface area contributed by atoms with Gasteiger partial charge in [0.05, 0.1) is 5.37 Å². The summed E-state index contributed by atoms with van der Waals surface area (Å²) in [6.45, 7) is 2.17. The Morgan fingerprint density at radius 1 is 1.75 bits per heavy atom. The molecule has 3 nitrogen and oxygen atoms in total. The van der Waals surface area contributed by atoms with E-state index in [0.717, 1.165) is 0 Å². The summed E-state index contributed by atoms with van der Waals surface area (Å²) in [6, 6.07) is 0. The van der Waals surface area contributed by atoms with Crippen molar-refractivity contribution in [1.82, 2.24) is 0 Å². The van der Waals surface area contributed by atoms with E-state index < -0.39 is 10.8 Å². The van der Waals surface area contributed by atoms with Crippen LogP contribution >= 0.6 is 0 Å². The quantitative estimate of drug-likeness (QED) is 0.523. The highest BCUT2D eigenvalue weighted by atomic mass is 32.2. The predicted octanol–water partition coefficient (Wildman–Crippen LogP) is -1.00. The molecule has 0 radical (unpaired) electrons. The number of hydrogen-bond acceptors (Lipinski definition) is 3. The largest absolute Gasteiger partial charge is 0.330 e. The van der Waals surface area contributed by atoms with Gasteiger partial charge in [-0.1, -0.05) is 0 Å². The highest BCUT2D eigenvalue weighted by Gasteiger charge is 2.01. The van der Waals surface area contributed by atoms with Crippen LogP contribution in [0.4, 0.5) is 0 Å². The van der Waals surface area contributed by atoms with Gasteiger partial charge >= 0.3 is 0 Å². The summed E-state index contributed by atoms with van der Waals surface area (Å²) in [6.07, 6.45) is 0. The zero-order valence-corrected chi connectivity index (χ0v) is 5.78. The molecule has 0 aliphatic carbocycles. The molecular formula is C4H12N2OS. The first kappa shape index (κ1) is 8.07. The van der Waals surface area contributed by atoms with Crippen LogP contribution < -0.4 is 11.5 Å². The molecule has 0 saturated carbocycles. The van der Waals surface area contributed by atoms with Gasteiger partial charge in [-0.15, -0.1) is 0 Å². The van der Waals surface area contributed by atoms with Crippen LogP contribution in [0.2, 0.25) is 0 Å². The maximum Gasteiger partial charge on any atom is 0.0782 e. The Kier molecular flexibility index (Phi) is 4.03. The van der Waals surface area contributed by atoms with Crippen LogP contribution in [0.3, 0.4) is 0 Å². The van der Waals surface area contributed by atoms with E-state index in [9.17, 15) is 4.21 Å². The monoisotopic (exact) mass is 136 g/mol. The van der Waals surface area contributed by atoms with Crippen molar-refractivity contribution in [3.8, 4) is 0 Å². The first-order chi connectivity index (χ1) is 3.68. The van der Waals surface area contributed by atoms with Gasteiger partial charge in [-0.2, -0.15) is 0 Å². The molecular weight excluding hydrogens is 124 g/mol. The number of nitrogens with two attached hydrogens (primary N) is 2. The van der Waals surface area contributed by atoms with E-state index >= 15 is 0 Å². The fourth-order valence-corrected chi connectivity index (χ4v) is 0.906. The summed E-state index contributed by atoms with van der Waals surface area (Å²) in [4.78, 5) is 0. The van der Waals surface area contributed by atoms with Gasteiger partial charge in [-0.05, 0) is 6.92 Å². The molecule has 0 bridgehead atoms. The SMILES string of the molecule is CC(N)S(=O)CCN. The Morgan fingerprint density at radius 2 is 2.25 bits per heavy atom. The van der Waals surface area contributed by atoms with Crippen molar-refractivity contribution in [2.75, 3.05) is 12.3 Å². The fraction of sp³-hybridized carbons (Fsp3) is 1.00. The summed E-state index contributed by atoms with van der Waals surface area (Å²) in [5, 5.41) is -0.237. The standard InChI is InChI=1S/C4H12N2OS/c1-4(6)8(7)3-2-5/h4H,2-3,5-6H2,1H3. The third-order valence-electron chi connectivity index (χ3n) is 0.734. The minimum absolute atomic E-state index is 0.237. The number of hydrogen-bond donors (Lipinski definition) is 2. The molecule has 0 rings (SSSR count). The predicted molar refractivity (Wildman–Crippen MR) is 35.7 cm³/mol. The molecule has 2 atom stereocenters. The van der Waals surface area contributed by atoms with Crippen molar-refractivity contribution in [1.29, 1.82) is 0 Å². The fourth-order valence-electron chi connectivity index (χ4n) is 0.302. The summed E-state index contributed by atoms with van der Waals surface area (Å²) in [5.41, 5.74) is 10.4. The van der Waals surface area contributed by atoms with Gasteiger partial charge in [-0.25, -0.2) is 0 Å². The van der Waals surface area contributed by atoms with Gasteiger partial charge < -0.3 is 11.5 Å². The maximum atomic E-state index is 10.6. The van der Waals surface area contributed by atoms with Crippen LogP contribution in [0.5, 0.6) is 0 Å². The molecule has 0 aliphatic heterocycles. The van der Waals surface area contributed by atoms with Crippen LogP contribution in [-0.4, -0.2) is 21.9 Å². The molecule has 4 heteroatoms. The van der Waals surface area contributed by atoms with E-state index in [2.05, 4.69) is 0 Å². The topological polar surface area (TPSA) is 69.1 Å². The van der Waals surface area contributed by atoms with Crippen LogP contribution in [0.1, 0.15) is 6.92 Å². The molecule has 0 heterocycles. The van der Waals surface area contributed by atoms with E-state index in [1.54, 1.807) is 6.92 Å². The molecule has 4 N–H and O–H groups in total. The van der Waals surface area contributed by atoms with Crippen molar-refractivity contribution in [3.63, 3.8) is 0 Å². The van der Waals surface area contributed by atoms with Gasteiger partial charge in [-0.3, -0.25) is 4.21 Å². The smallest absolute Gasteiger partial charge is 0.0782 e. The highest BCUT2D eigenvalue weighted by Crippen LogP contribution is 1.84. The van der Waals surface area contributed by atoms with E-state index in [4.69, 9.17) is 11.5 Å². The second-order valence-electron chi connectivity index (χ2n) is 1.58. The van der Waals surface area contributed by atoms with E-state index in [1.807, 2.05) is 0 Å². The van der Waals surface area contributed by atoms with Crippen LogP contribution in [0.25, 0.3) is 0 Å². The summed E-state index contributed by atoms with van der Waals surface area (Å²) in [5.74, 6) is 0.512. The molecule has 0 amide bonds. The second kappa shape index (κ2) is 4.00. The molecule has 0 aromatic heterocycles. The molecule has 0 aromatic rings. The molecule has 0 saturated heterocycles. The summed E-state index contributed by atoms with van der Waals surface area (Å²) >= 11 is 0. The third-order valence-corrected chi connectivity index (χ3v) is 2.20. The van der Waals surface area contributed by atoms with Crippen molar-refractivity contribution in [2.24, 2.45) is 11.5 Å². The summed E-state index contributed by atoms with van der Waals surface area (Å²) in [7, 11) is -0.919. The third kappa shape index (κ3) is 3.12. The first-order valence-electron chi connectivity index (χ1n) is 2.51. The molecule has 0 aromatic carbocycles. The number of rotatable bonds is 3. The Bertz CT molecular complexity index is 84.1. The Morgan fingerprint density at radius 3 is 2.38 bits per heavy atom. The zero-order valence-electron chi connectivity index (χ0n) is 4.96. The van der Waals surface area contributed by atoms with Gasteiger partial charge in [0.25, 0.3) is 0 Å². The van der Waals surface area contributed by atoms with Crippen molar-refractivity contribution in [3.05, 3.63) is 0 Å². The van der Waals surface area contributed by atoms with E-state index in [0.29, 0.717) is 12.3 Å². The summed E-state index contributed by atoms with van der Waals surface area (Å²) < 4.78 is 10.6. The van der Waals surface area contributed by atoms with Gasteiger partial charge in [0.2, 0.25) is 0 Å². The Balaban J connectivity index is 3.33. The normalized spacial score (nSPS) is 17.9. The second-order valence-corrected chi connectivity index (χ2v) is 3.49. The molecule has 50 valence electrons. The Labute approximate surface area is 51.9 Å². The average molecular weight is 136 g/mol. The lowest BCUT2D eigenvalue weighted by Crippen LogP contribution is -2.26. The van der Waals surface area contributed by atoms with Gasteiger partial charge in [0.15, 0.2) is 0 Å². The zero-order chi connectivity index (χ0) is 6.57. The molecule has 8 heavy (non-hydrogen) atoms. The average Bonchev–Trinajstić information content (AvgIpc) is 1.67. The molecule has 0 aliphatic rings. The lowest BCUT2D eigenvalue weighted by molar-refractivity contribution is 0.674. The highest BCUT2D eigenvalue weighted by molar-refractivity contribution is 7.85. The van der Waals surface area contributed by atoms with Crippen LogP contribution in [0.15, 0.2) is 0 Å². The van der Waals surface area contributed by atoms with Crippen molar-refractivity contribution < 1.29 is 4.21 Å². The minimum atomic E-state index is -0.919. The molecule has 0 fully saturated rings. The lowest BCUT2D eigenvalue weighted by atomic mass is 10.8. The van der Waals surface area contributed by atoms with Crippen LogP contribution in [0, 0.1) is 0 Å². The van der Waals surface area contributed by atoms with Crippen molar-refractivity contribution >= 4 is 10.8 Å². The van der Waals surface area contributed by atoms with Crippen LogP contribution in [-0.2, 0) is 10.8 Å².